The lowest BCUT2D eigenvalue weighted by Gasteiger charge is -2.42. The molecule has 17 nitrogen and oxygen atoms in total. The molecule has 2 bridgehead atoms. The second-order valence-corrected chi connectivity index (χ2v) is 17.3. The fraction of sp³-hybridized carbons (Fsp3) is 0.327. The Labute approximate surface area is 399 Å². The lowest BCUT2D eigenvalue weighted by Crippen LogP contribution is -2.58. The molecular weight excluding hydrogens is 883 g/mol. The Kier molecular flexibility index (Phi) is 16.7. The molecule has 3 atom stereocenters. The highest BCUT2D eigenvalue weighted by molar-refractivity contribution is 5.98. The molecule has 0 spiro atoms. The summed E-state index contributed by atoms with van der Waals surface area (Å²) in [5, 5.41) is 24.4. The van der Waals surface area contributed by atoms with Crippen LogP contribution in [0.3, 0.4) is 0 Å². The summed E-state index contributed by atoms with van der Waals surface area (Å²) in [5.41, 5.74) is 9.27. The number of carboxylic acids is 1. The number of benzene rings is 4. The highest BCUT2D eigenvalue weighted by atomic mass is 16.5. The number of rotatable bonds is 12. The fourth-order valence-electron chi connectivity index (χ4n) is 8.74. The van der Waals surface area contributed by atoms with Crippen molar-refractivity contribution in [3.05, 3.63) is 143 Å². The molecule has 2 aliphatic heterocycles. The Morgan fingerprint density at radius 3 is 2.36 bits per heavy atom. The van der Waals surface area contributed by atoms with Crippen LogP contribution in [-0.4, -0.2) is 109 Å². The van der Waals surface area contributed by atoms with Gasteiger partial charge in [-0.1, -0.05) is 84.9 Å². The van der Waals surface area contributed by atoms with Gasteiger partial charge in [-0.3, -0.25) is 28.8 Å². The molecule has 2 aliphatic rings. The number of nitrogens with two attached hydrogens (primary N) is 1. The van der Waals surface area contributed by atoms with E-state index in [1.165, 1.54) is 6.07 Å². The minimum Gasteiger partial charge on any atom is -0.475 e. The summed E-state index contributed by atoms with van der Waals surface area (Å²) < 4.78 is 10.8. The maximum absolute atomic E-state index is 15.0. The maximum Gasteiger partial charge on any atom is 0.371 e. The molecule has 69 heavy (non-hydrogen) atoms. The number of nitrogens with zero attached hydrogens (tertiary/aromatic N) is 1. The van der Waals surface area contributed by atoms with Gasteiger partial charge in [0.25, 0.3) is 0 Å². The lowest BCUT2D eigenvalue weighted by molar-refractivity contribution is -0.141. The van der Waals surface area contributed by atoms with Crippen LogP contribution in [0.2, 0.25) is 0 Å². The number of carbonyl (C=O) groups is 7. The molecule has 0 saturated carbocycles. The first-order valence-corrected chi connectivity index (χ1v) is 23.0. The summed E-state index contributed by atoms with van der Waals surface area (Å²) in [6.07, 6.45) is 3.44. The smallest absolute Gasteiger partial charge is 0.371 e. The van der Waals surface area contributed by atoms with Crippen LogP contribution < -0.4 is 32.3 Å². The Balaban J connectivity index is 1.18. The molecule has 1 fully saturated rings. The summed E-state index contributed by atoms with van der Waals surface area (Å²) in [7, 11) is 0. The van der Waals surface area contributed by atoms with Gasteiger partial charge in [-0.15, -0.1) is 0 Å². The zero-order valence-corrected chi connectivity index (χ0v) is 38.2. The molecule has 6 amide bonds. The highest BCUT2D eigenvalue weighted by Gasteiger charge is 2.44. The van der Waals surface area contributed by atoms with Gasteiger partial charge in [-0.05, 0) is 77.3 Å². The van der Waals surface area contributed by atoms with Gasteiger partial charge in [0.1, 0.15) is 17.7 Å². The predicted octanol–water partition coefficient (Wildman–Crippen LogP) is 3.19. The first-order chi connectivity index (χ1) is 33.4. The van der Waals surface area contributed by atoms with E-state index in [0.29, 0.717) is 54.6 Å². The van der Waals surface area contributed by atoms with Crippen LogP contribution in [0, 0.1) is 5.41 Å². The van der Waals surface area contributed by atoms with Crippen molar-refractivity contribution in [2.45, 2.75) is 57.2 Å². The number of fused-ring (bicyclic) bond motifs is 4. The van der Waals surface area contributed by atoms with Crippen LogP contribution in [0.4, 0.5) is 0 Å². The number of aromatic carboxylic acids is 1. The summed E-state index contributed by atoms with van der Waals surface area (Å²) in [4.78, 5) is 96.2. The molecule has 4 aromatic carbocycles. The number of piperidine rings is 1. The van der Waals surface area contributed by atoms with Gasteiger partial charge in [-0.25, -0.2) is 4.79 Å². The van der Waals surface area contributed by atoms with Crippen LogP contribution in [0.15, 0.2) is 120 Å². The molecular formula is C52H57N7O10. The SMILES string of the molecule is NCCOCCNC(=O)[C@@H]1CCNC(=O)/C=C/C(=O)N2CCC[C@](Cc3ccccc3)(C2)C(=O)N[C@@H](Cc2ccc(-c3ccc4oc(C(=O)O)cc4c3)cc2)C(=O)NCc2ccccc2CC(=O)N1. The molecule has 1 saturated heterocycles. The quantitative estimate of drug-likeness (QED) is 0.0895. The zero-order valence-electron chi connectivity index (χ0n) is 38.2. The first kappa shape index (κ1) is 49.3. The van der Waals surface area contributed by atoms with E-state index < -0.39 is 58.9 Å². The Hall–Kier alpha value is -7.63. The van der Waals surface area contributed by atoms with E-state index in [1.807, 2.05) is 66.7 Å². The average molecular weight is 940 g/mol. The number of hydrogen-bond donors (Lipinski definition) is 7. The van der Waals surface area contributed by atoms with Crippen molar-refractivity contribution < 1.29 is 47.8 Å². The first-order valence-electron chi connectivity index (χ1n) is 23.0. The monoisotopic (exact) mass is 939 g/mol. The van der Waals surface area contributed by atoms with E-state index in [0.717, 1.165) is 34.4 Å². The van der Waals surface area contributed by atoms with Crippen LogP contribution in [0.25, 0.3) is 22.1 Å². The Morgan fingerprint density at radius 1 is 0.841 bits per heavy atom. The molecule has 360 valence electrons. The van der Waals surface area contributed by atoms with Gasteiger partial charge in [0, 0.05) is 63.2 Å². The summed E-state index contributed by atoms with van der Waals surface area (Å²) in [6.45, 7) is 1.40. The number of carbonyl (C=O) groups excluding carboxylic acids is 6. The number of furan rings is 1. The van der Waals surface area contributed by atoms with Crippen molar-refractivity contribution in [3.63, 3.8) is 0 Å². The third-order valence-electron chi connectivity index (χ3n) is 12.3. The summed E-state index contributed by atoms with van der Waals surface area (Å²) in [6, 6.07) is 28.8. The normalized spacial score (nSPS) is 20.2. The van der Waals surface area contributed by atoms with Crippen molar-refractivity contribution in [2.24, 2.45) is 11.1 Å². The number of ether oxygens (including phenoxy) is 1. The highest BCUT2D eigenvalue weighted by Crippen LogP contribution is 2.35. The molecule has 8 N–H and O–H groups in total. The standard InChI is InChI=1S/C52H57N7O10/c53-21-25-68-26-23-55-48(63)41-19-22-54-45(60)17-18-47(62)59-24-6-20-52(33-59,31-35-7-2-1-3-8-35)51(67)58-42(49(64)56-32-39-10-5-4-9-37(39)30-46(61)57-41)27-34-11-13-36(14-12-34)38-15-16-43-40(28-38)29-44(69-43)50(65)66/h1-5,7-18,28-29,41-42H,6,19-27,30-33,53H2,(H,54,60)(H,55,63)(H,56,64)(H,57,61)(H,58,67)(H,65,66)/b18-17+/t41-,42-,52-/m0/s1. The van der Waals surface area contributed by atoms with E-state index in [1.54, 1.807) is 35.2 Å². The molecule has 3 heterocycles. The van der Waals surface area contributed by atoms with Crippen molar-refractivity contribution in [2.75, 3.05) is 45.9 Å². The molecule has 17 heteroatoms. The largest absolute Gasteiger partial charge is 0.475 e. The van der Waals surface area contributed by atoms with E-state index >= 15 is 0 Å². The molecule has 1 aromatic heterocycles. The lowest BCUT2D eigenvalue weighted by atomic mass is 9.74. The molecule has 7 rings (SSSR count). The molecule has 5 aromatic rings. The zero-order chi connectivity index (χ0) is 48.8. The van der Waals surface area contributed by atoms with Crippen LogP contribution in [0.5, 0.6) is 0 Å². The summed E-state index contributed by atoms with van der Waals surface area (Å²) in [5.74, 6) is -4.22. The molecule has 0 radical (unpaired) electrons. The number of nitrogens with one attached hydrogen (secondary N) is 5. The van der Waals surface area contributed by atoms with Gasteiger partial charge in [-0.2, -0.15) is 0 Å². The van der Waals surface area contributed by atoms with Crippen molar-refractivity contribution in [1.82, 2.24) is 31.5 Å². The average Bonchev–Trinajstić information content (AvgIpc) is 3.79. The number of carboxylic acid groups (broad SMARTS) is 1. The Morgan fingerprint density at radius 2 is 1.59 bits per heavy atom. The maximum atomic E-state index is 15.0. The van der Waals surface area contributed by atoms with Gasteiger partial charge < -0.3 is 51.5 Å². The van der Waals surface area contributed by atoms with Crippen molar-refractivity contribution in [3.8, 4) is 11.1 Å². The van der Waals surface area contributed by atoms with E-state index in [2.05, 4.69) is 26.6 Å². The topological polar surface area (TPSA) is 251 Å². The van der Waals surface area contributed by atoms with Crippen molar-refractivity contribution in [1.29, 1.82) is 0 Å². The second kappa shape index (κ2) is 23.4. The molecule has 0 unspecified atom stereocenters. The van der Waals surface area contributed by atoms with Crippen LogP contribution >= 0.6 is 0 Å². The van der Waals surface area contributed by atoms with Gasteiger partial charge in [0.05, 0.1) is 25.0 Å². The predicted molar refractivity (Wildman–Crippen MR) is 256 cm³/mol. The van der Waals surface area contributed by atoms with E-state index in [9.17, 15) is 38.7 Å². The van der Waals surface area contributed by atoms with Crippen molar-refractivity contribution >= 4 is 52.4 Å². The minimum atomic E-state index is -1.17. The van der Waals surface area contributed by atoms with Crippen LogP contribution in [0.1, 0.15) is 52.1 Å². The van der Waals surface area contributed by atoms with Gasteiger partial charge >= 0.3 is 5.97 Å². The number of hydrogen-bond acceptors (Lipinski definition) is 10. The third-order valence-corrected chi connectivity index (χ3v) is 12.3. The number of amides is 6. The van der Waals surface area contributed by atoms with E-state index in [4.69, 9.17) is 14.9 Å². The van der Waals surface area contributed by atoms with Crippen LogP contribution in [-0.2, 0) is 59.3 Å². The summed E-state index contributed by atoms with van der Waals surface area (Å²) >= 11 is 0. The molecule has 0 aliphatic carbocycles. The van der Waals surface area contributed by atoms with Gasteiger partial charge in [0.2, 0.25) is 41.2 Å². The minimum absolute atomic E-state index is 0.00341. The van der Waals surface area contributed by atoms with Gasteiger partial charge in [0.15, 0.2) is 0 Å². The van der Waals surface area contributed by atoms with E-state index in [-0.39, 0.29) is 64.2 Å². The fourth-order valence-corrected chi connectivity index (χ4v) is 8.74. The second-order valence-electron chi connectivity index (χ2n) is 17.3. The Bertz CT molecular complexity index is 2680. The third kappa shape index (κ3) is 13.3.